The van der Waals surface area contributed by atoms with E-state index in [1.165, 1.54) is 0 Å². The topological polar surface area (TPSA) is 40.1 Å². The van der Waals surface area contributed by atoms with Crippen molar-refractivity contribution in [1.82, 2.24) is 0 Å². The lowest BCUT2D eigenvalue weighted by Crippen LogP contribution is -2.26. The largest absolute Gasteiger partial charge is 0.549 e. The highest BCUT2D eigenvalue weighted by molar-refractivity contribution is 9.09. The van der Waals surface area contributed by atoms with E-state index in [4.69, 9.17) is 11.6 Å². The normalized spacial score (nSPS) is 12.5. The molecule has 0 heterocycles. The summed E-state index contributed by atoms with van der Waals surface area (Å²) in [6.07, 6.45) is 0. The molecule has 2 nitrogen and oxygen atoms in total. The Morgan fingerprint density at radius 3 is 2.58 bits per heavy atom. The molecule has 12 heavy (non-hydrogen) atoms. The zero-order chi connectivity index (χ0) is 9.14. The summed E-state index contributed by atoms with van der Waals surface area (Å²) in [5, 5.41) is 10.9. The molecule has 0 aliphatic heterocycles. The molecule has 1 rings (SSSR count). The van der Waals surface area contributed by atoms with E-state index in [1.54, 1.807) is 24.3 Å². The van der Waals surface area contributed by atoms with Crippen molar-refractivity contribution in [2.45, 2.75) is 4.83 Å². The van der Waals surface area contributed by atoms with E-state index in [9.17, 15) is 9.90 Å². The third kappa shape index (κ3) is 1.99. The van der Waals surface area contributed by atoms with Gasteiger partial charge in [-0.15, -0.1) is 0 Å². The number of carbonyl (C=O) groups is 1. The van der Waals surface area contributed by atoms with Gasteiger partial charge in [-0.25, -0.2) is 0 Å². The molecular weight excluding hydrogens is 243 g/mol. The highest BCUT2D eigenvalue weighted by atomic mass is 79.9. The molecule has 0 saturated heterocycles. The van der Waals surface area contributed by atoms with Crippen LogP contribution in [0.15, 0.2) is 24.3 Å². The van der Waals surface area contributed by atoms with Gasteiger partial charge in [-0.2, -0.15) is 0 Å². The van der Waals surface area contributed by atoms with Crippen molar-refractivity contribution in [2.75, 3.05) is 0 Å². The van der Waals surface area contributed by atoms with Gasteiger partial charge in [0.25, 0.3) is 0 Å². The van der Waals surface area contributed by atoms with Crippen LogP contribution in [0.5, 0.6) is 0 Å². The Morgan fingerprint density at radius 2 is 2.08 bits per heavy atom. The first-order chi connectivity index (χ1) is 5.63. The Labute approximate surface area is 83.3 Å². The Kier molecular flexibility index (Phi) is 3.12. The highest BCUT2D eigenvalue weighted by Crippen LogP contribution is 2.28. The fourth-order valence-electron chi connectivity index (χ4n) is 0.808. The second-order valence-electron chi connectivity index (χ2n) is 2.20. The van der Waals surface area contributed by atoms with E-state index in [1.807, 2.05) is 0 Å². The molecule has 0 aromatic heterocycles. The van der Waals surface area contributed by atoms with Crippen LogP contribution in [0.1, 0.15) is 10.4 Å². The predicted molar refractivity (Wildman–Crippen MR) is 48.1 cm³/mol. The van der Waals surface area contributed by atoms with Gasteiger partial charge < -0.3 is 9.90 Å². The van der Waals surface area contributed by atoms with E-state index < -0.39 is 10.8 Å². The highest BCUT2D eigenvalue weighted by Gasteiger charge is 2.10. The summed E-state index contributed by atoms with van der Waals surface area (Å²) in [6.45, 7) is 0. The number of benzene rings is 1. The molecule has 0 amide bonds. The quantitative estimate of drug-likeness (QED) is 0.745. The van der Waals surface area contributed by atoms with E-state index in [-0.39, 0.29) is 0 Å². The number of carboxylic acid groups (broad SMARTS) is 1. The van der Waals surface area contributed by atoms with Gasteiger partial charge in [0, 0.05) is 5.02 Å². The fraction of sp³-hybridized carbons (Fsp3) is 0.125. The lowest BCUT2D eigenvalue weighted by Gasteiger charge is -2.11. The Hall–Kier alpha value is -0.540. The number of carboxylic acids is 1. The first kappa shape index (κ1) is 9.55. The maximum absolute atomic E-state index is 10.4. The van der Waals surface area contributed by atoms with E-state index >= 15 is 0 Å². The Balaban J connectivity index is 3.02. The van der Waals surface area contributed by atoms with Gasteiger partial charge in [-0.3, -0.25) is 0 Å². The maximum atomic E-state index is 10.4. The second-order valence-corrected chi connectivity index (χ2v) is 3.53. The summed E-state index contributed by atoms with van der Waals surface area (Å²) in [4.78, 5) is 9.59. The zero-order valence-electron chi connectivity index (χ0n) is 5.96. The van der Waals surface area contributed by atoms with Crippen molar-refractivity contribution in [1.29, 1.82) is 0 Å². The van der Waals surface area contributed by atoms with Crippen molar-refractivity contribution in [2.24, 2.45) is 0 Å². The summed E-state index contributed by atoms with van der Waals surface area (Å²) in [7, 11) is 0. The molecule has 0 N–H and O–H groups in total. The smallest absolute Gasteiger partial charge is 0.0804 e. The van der Waals surface area contributed by atoms with Gasteiger partial charge in [0.1, 0.15) is 0 Å². The third-order valence-corrected chi connectivity index (χ3v) is 2.60. The molecule has 0 saturated carbocycles. The number of halogens is 2. The molecule has 0 aliphatic carbocycles. The number of hydrogen-bond acceptors (Lipinski definition) is 2. The van der Waals surface area contributed by atoms with Crippen molar-refractivity contribution >= 4 is 33.5 Å². The number of carbonyl (C=O) groups excluding carboxylic acids is 1. The monoisotopic (exact) mass is 247 g/mol. The first-order valence-electron chi connectivity index (χ1n) is 3.22. The van der Waals surface area contributed by atoms with Crippen LogP contribution in [0.25, 0.3) is 0 Å². The van der Waals surface area contributed by atoms with Crippen LogP contribution in [-0.2, 0) is 4.79 Å². The number of alkyl halides is 1. The average molecular weight is 248 g/mol. The van der Waals surface area contributed by atoms with E-state index in [2.05, 4.69) is 15.9 Å². The van der Waals surface area contributed by atoms with Crippen LogP contribution in [0, 0.1) is 0 Å². The molecule has 1 atom stereocenters. The van der Waals surface area contributed by atoms with Gasteiger partial charge in [0.05, 0.1) is 10.8 Å². The molecule has 0 spiro atoms. The number of rotatable bonds is 2. The lowest BCUT2D eigenvalue weighted by atomic mass is 10.1. The van der Waals surface area contributed by atoms with Crippen molar-refractivity contribution in [3.63, 3.8) is 0 Å². The van der Waals surface area contributed by atoms with Crippen molar-refractivity contribution < 1.29 is 9.90 Å². The van der Waals surface area contributed by atoms with Crippen LogP contribution < -0.4 is 5.11 Å². The minimum Gasteiger partial charge on any atom is -0.549 e. The molecule has 1 aromatic rings. The van der Waals surface area contributed by atoms with Crippen LogP contribution >= 0.6 is 27.5 Å². The number of aliphatic carboxylic acids is 1. The van der Waals surface area contributed by atoms with Crippen LogP contribution in [0.4, 0.5) is 0 Å². The van der Waals surface area contributed by atoms with Crippen LogP contribution in [0.3, 0.4) is 0 Å². The van der Waals surface area contributed by atoms with Crippen LogP contribution in [0.2, 0.25) is 5.02 Å². The maximum Gasteiger partial charge on any atom is 0.0804 e. The van der Waals surface area contributed by atoms with Gasteiger partial charge in [-0.05, 0) is 11.6 Å². The van der Waals surface area contributed by atoms with Crippen LogP contribution in [-0.4, -0.2) is 5.97 Å². The minimum atomic E-state index is -1.19. The SMILES string of the molecule is O=C([O-])[C@@H](Br)c1ccccc1Cl. The first-order valence-corrected chi connectivity index (χ1v) is 4.51. The summed E-state index contributed by atoms with van der Waals surface area (Å²) < 4.78 is 0. The predicted octanol–water partition coefficient (Wildman–Crippen LogP) is 1.53. The summed E-state index contributed by atoms with van der Waals surface area (Å²) >= 11 is 8.70. The second kappa shape index (κ2) is 3.92. The molecule has 64 valence electrons. The molecule has 0 radical (unpaired) electrons. The molecular formula is C8H5BrClO2-. The van der Waals surface area contributed by atoms with Gasteiger partial charge >= 0.3 is 0 Å². The summed E-state index contributed by atoms with van der Waals surface area (Å²) in [5.74, 6) is -1.19. The van der Waals surface area contributed by atoms with Gasteiger partial charge in [0.15, 0.2) is 0 Å². The van der Waals surface area contributed by atoms with Crippen molar-refractivity contribution in [3.8, 4) is 0 Å². The Morgan fingerprint density at radius 1 is 1.50 bits per heavy atom. The third-order valence-electron chi connectivity index (χ3n) is 1.39. The molecule has 4 heteroatoms. The lowest BCUT2D eigenvalue weighted by molar-refractivity contribution is -0.304. The van der Waals surface area contributed by atoms with E-state index in [0.717, 1.165) is 0 Å². The molecule has 0 aliphatic rings. The van der Waals surface area contributed by atoms with E-state index in [0.29, 0.717) is 10.6 Å². The fourth-order valence-corrected chi connectivity index (χ4v) is 1.58. The average Bonchev–Trinajstić information content (AvgIpc) is 2.04. The molecule has 0 bridgehead atoms. The standard InChI is InChI=1S/C8H6BrClO2/c9-7(8(11)12)5-3-1-2-4-6(5)10/h1-4,7H,(H,11,12)/p-1/t7-/m0/s1. The molecule has 0 fully saturated rings. The van der Waals surface area contributed by atoms with Gasteiger partial charge in [-0.1, -0.05) is 45.7 Å². The zero-order valence-corrected chi connectivity index (χ0v) is 8.30. The molecule has 1 aromatic carbocycles. The van der Waals surface area contributed by atoms with Gasteiger partial charge in [0.2, 0.25) is 0 Å². The summed E-state index contributed by atoms with van der Waals surface area (Å²) in [6, 6.07) is 6.73. The number of hydrogen-bond donors (Lipinski definition) is 0. The minimum absolute atomic E-state index is 0.420. The summed E-state index contributed by atoms with van der Waals surface area (Å²) in [5.41, 5.74) is 0.513. The Bertz CT molecular complexity index is 301. The van der Waals surface area contributed by atoms with Crippen molar-refractivity contribution in [3.05, 3.63) is 34.9 Å². The molecule has 0 unspecified atom stereocenters.